The third-order valence-electron chi connectivity index (χ3n) is 4.15. The third kappa shape index (κ3) is 4.97. The number of carbonyl (C=O) groups excluding carboxylic acids is 2. The van der Waals surface area contributed by atoms with E-state index in [1.54, 1.807) is 54.6 Å². The normalized spacial score (nSPS) is 10.4. The zero-order chi connectivity index (χ0) is 19.9. The van der Waals surface area contributed by atoms with Gasteiger partial charge in [-0.05, 0) is 54.1 Å². The molecule has 2 amide bonds. The summed E-state index contributed by atoms with van der Waals surface area (Å²) in [6.45, 7) is 0.210. The Balaban J connectivity index is 1.83. The van der Waals surface area contributed by atoms with Crippen LogP contribution in [-0.4, -0.2) is 18.4 Å². The van der Waals surface area contributed by atoms with Crippen LogP contribution in [0.1, 0.15) is 15.9 Å². The molecule has 0 bridgehead atoms. The lowest BCUT2D eigenvalue weighted by molar-refractivity contribution is -0.114. The SMILES string of the molecule is NCc1cccc(C(=O)N(CC(=O)Nc2ccc(Cl)cc2)c2ccccc2)c1. The summed E-state index contributed by atoms with van der Waals surface area (Å²) >= 11 is 5.87. The second-order valence-electron chi connectivity index (χ2n) is 6.19. The first-order valence-corrected chi connectivity index (χ1v) is 9.16. The average molecular weight is 394 g/mol. The van der Waals surface area contributed by atoms with Gasteiger partial charge in [-0.15, -0.1) is 0 Å². The van der Waals surface area contributed by atoms with E-state index in [2.05, 4.69) is 5.32 Å². The number of anilines is 2. The molecule has 5 nitrogen and oxygen atoms in total. The van der Waals surface area contributed by atoms with E-state index in [1.165, 1.54) is 4.90 Å². The molecule has 0 aliphatic carbocycles. The molecule has 142 valence electrons. The number of nitrogens with zero attached hydrogens (tertiary/aromatic N) is 1. The molecule has 0 heterocycles. The van der Waals surface area contributed by atoms with E-state index in [1.807, 2.05) is 24.3 Å². The number of amides is 2. The van der Waals surface area contributed by atoms with Gasteiger partial charge in [0.1, 0.15) is 6.54 Å². The van der Waals surface area contributed by atoms with E-state index in [-0.39, 0.29) is 18.4 Å². The molecule has 0 radical (unpaired) electrons. The van der Waals surface area contributed by atoms with Crippen LogP contribution in [-0.2, 0) is 11.3 Å². The molecule has 0 fully saturated rings. The minimum atomic E-state index is -0.311. The lowest BCUT2D eigenvalue weighted by Crippen LogP contribution is -2.38. The van der Waals surface area contributed by atoms with E-state index >= 15 is 0 Å². The van der Waals surface area contributed by atoms with Crippen LogP contribution in [0.2, 0.25) is 5.02 Å². The Morgan fingerprint density at radius 2 is 1.64 bits per heavy atom. The molecule has 3 N–H and O–H groups in total. The fraction of sp³-hybridized carbons (Fsp3) is 0.0909. The lowest BCUT2D eigenvalue weighted by atomic mass is 10.1. The van der Waals surface area contributed by atoms with Crippen molar-refractivity contribution in [1.82, 2.24) is 0 Å². The van der Waals surface area contributed by atoms with Crippen LogP contribution in [0.25, 0.3) is 0 Å². The number of hydrogen-bond donors (Lipinski definition) is 2. The Morgan fingerprint density at radius 1 is 0.929 bits per heavy atom. The zero-order valence-electron chi connectivity index (χ0n) is 15.1. The molecule has 0 saturated carbocycles. The summed E-state index contributed by atoms with van der Waals surface area (Å²) in [6.07, 6.45) is 0. The van der Waals surface area contributed by atoms with Crippen LogP contribution < -0.4 is 16.0 Å². The van der Waals surface area contributed by atoms with Crippen molar-refractivity contribution in [1.29, 1.82) is 0 Å². The molecule has 0 atom stereocenters. The molecule has 28 heavy (non-hydrogen) atoms. The van der Waals surface area contributed by atoms with Crippen molar-refractivity contribution in [2.75, 3.05) is 16.8 Å². The predicted octanol–water partition coefficient (Wildman–Crippen LogP) is 4.08. The summed E-state index contributed by atoms with van der Waals surface area (Å²) in [7, 11) is 0. The molecule has 0 unspecified atom stereocenters. The quantitative estimate of drug-likeness (QED) is 0.662. The molecule has 0 saturated heterocycles. The molecule has 0 spiro atoms. The van der Waals surface area contributed by atoms with Gasteiger partial charge in [-0.3, -0.25) is 14.5 Å². The van der Waals surface area contributed by atoms with Gasteiger partial charge in [0, 0.05) is 28.5 Å². The van der Waals surface area contributed by atoms with Gasteiger partial charge in [0.2, 0.25) is 5.91 Å². The van der Waals surface area contributed by atoms with Gasteiger partial charge in [-0.1, -0.05) is 41.9 Å². The summed E-state index contributed by atoms with van der Waals surface area (Å²) in [6, 6.07) is 23.0. The van der Waals surface area contributed by atoms with Crippen LogP contribution >= 0.6 is 11.6 Å². The Kier molecular flexibility index (Phi) is 6.42. The van der Waals surface area contributed by atoms with Crippen molar-refractivity contribution in [2.45, 2.75) is 6.54 Å². The van der Waals surface area contributed by atoms with Crippen LogP contribution in [0.3, 0.4) is 0 Å². The van der Waals surface area contributed by atoms with E-state index in [0.29, 0.717) is 28.5 Å². The van der Waals surface area contributed by atoms with Crippen molar-refractivity contribution in [2.24, 2.45) is 5.73 Å². The molecule has 0 aliphatic rings. The highest BCUT2D eigenvalue weighted by atomic mass is 35.5. The minimum absolute atomic E-state index is 0.127. The number of nitrogens with one attached hydrogen (secondary N) is 1. The summed E-state index contributed by atoms with van der Waals surface area (Å²) in [5.74, 6) is -0.581. The Bertz CT molecular complexity index is 959. The number of halogens is 1. The van der Waals surface area contributed by atoms with Crippen molar-refractivity contribution in [3.8, 4) is 0 Å². The Morgan fingerprint density at radius 3 is 2.32 bits per heavy atom. The summed E-state index contributed by atoms with van der Waals surface area (Å²) in [4.78, 5) is 27.2. The van der Waals surface area contributed by atoms with Crippen molar-refractivity contribution >= 4 is 34.8 Å². The van der Waals surface area contributed by atoms with Gasteiger partial charge in [0.15, 0.2) is 0 Å². The molecule has 3 aromatic rings. The van der Waals surface area contributed by atoms with Gasteiger partial charge in [0.05, 0.1) is 0 Å². The van der Waals surface area contributed by atoms with E-state index in [0.717, 1.165) is 5.56 Å². The van der Waals surface area contributed by atoms with Gasteiger partial charge < -0.3 is 11.1 Å². The minimum Gasteiger partial charge on any atom is -0.326 e. The zero-order valence-corrected chi connectivity index (χ0v) is 15.9. The smallest absolute Gasteiger partial charge is 0.258 e. The number of hydrogen-bond acceptors (Lipinski definition) is 3. The first kappa shape index (κ1) is 19.6. The summed E-state index contributed by atoms with van der Waals surface area (Å²) in [5.41, 5.74) is 8.26. The number of benzene rings is 3. The topological polar surface area (TPSA) is 75.4 Å². The van der Waals surface area contributed by atoms with Gasteiger partial charge in [-0.2, -0.15) is 0 Å². The van der Waals surface area contributed by atoms with Crippen molar-refractivity contribution in [3.05, 3.63) is 95.0 Å². The maximum absolute atomic E-state index is 13.1. The largest absolute Gasteiger partial charge is 0.326 e. The van der Waals surface area contributed by atoms with Gasteiger partial charge in [0.25, 0.3) is 5.91 Å². The highest BCUT2D eigenvalue weighted by Gasteiger charge is 2.21. The first-order valence-electron chi connectivity index (χ1n) is 8.78. The standard InChI is InChI=1S/C22H20ClN3O2/c23-18-9-11-19(12-10-18)25-21(27)15-26(20-7-2-1-3-8-20)22(28)17-6-4-5-16(13-17)14-24/h1-13H,14-15,24H2,(H,25,27). The third-order valence-corrected chi connectivity index (χ3v) is 4.40. The molecular weight excluding hydrogens is 374 g/mol. The van der Waals surface area contributed by atoms with E-state index in [4.69, 9.17) is 17.3 Å². The fourth-order valence-electron chi connectivity index (χ4n) is 2.75. The fourth-order valence-corrected chi connectivity index (χ4v) is 2.88. The highest BCUT2D eigenvalue weighted by molar-refractivity contribution is 6.30. The maximum Gasteiger partial charge on any atom is 0.258 e. The van der Waals surface area contributed by atoms with Crippen molar-refractivity contribution in [3.63, 3.8) is 0 Å². The molecule has 0 aliphatic heterocycles. The second-order valence-corrected chi connectivity index (χ2v) is 6.62. The first-order chi connectivity index (χ1) is 13.6. The number of rotatable bonds is 6. The average Bonchev–Trinajstić information content (AvgIpc) is 2.74. The summed E-state index contributed by atoms with van der Waals surface area (Å²) in [5, 5.41) is 3.37. The number of nitrogens with two attached hydrogens (primary N) is 1. The second kappa shape index (κ2) is 9.17. The maximum atomic E-state index is 13.1. The Labute approximate surface area is 168 Å². The molecule has 6 heteroatoms. The highest BCUT2D eigenvalue weighted by Crippen LogP contribution is 2.19. The predicted molar refractivity (Wildman–Crippen MR) is 113 cm³/mol. The van der Waals surface area contributed by atoms with Crippen LogP contribution in [0, 0.1) is 0 Å². The summed E-state index contributed by atoms with van der Waals surface area (Å²) < 4.78 is 0. The monoisotopic (exact) mass is 393 g/mol. The number of para-hydroxylation sites is 1. The Hall–Kier alpha value is -3.15. The van der Waals surface area contributed by atoms with Crippen LogP contribution in [0.15, 0.2) is 78.9 Å². The molecule has 3 aromatic carbocycles. The van der Waals surface area contributed by atoms with Gasteiger partial charge in [-0.25, -0.2) is 0 Å². The molecule has 0 aromatic heterocycles. The lowest BCUT2D eigenvalue weighted by Gasteiger charge is -2.23. The van der Waals surface area contributed by atoms with Crippen molar-refractivity contribution < 1.29 is 9.59 Å². The molecule has 3 rings (SSSR count). The number of carbonyl (C=O) groups is 2. The van der Waals surface area contributed by atoms with E-state index < -0.39 is 0 Å². The van der Waals surface area contributed by atoms with Crippen LogP contribution in [0.5, 0.6) is 0 Å². The van der Waals surface area contributed by atoms with E-state index in [9.17, 15) is 9.59 Å². The van der Waals surface area contributed by atoms with Crippen LogP contribution in [0.4, 0.5) is 11.4 Å². The molecular formula is C22H20ClN3O2. The van der Waals surface area contributed by atoms with Gasteiger partial charge >= 0.3 is 0 Å².